The molecule has 3 aromatic carbocycles. The standard InChI is InChI=1S/C31H29N5O6S2/c1-3-40-23-12-9-21(10-13-23)24(37)19-43-31-35-34-30(44-31)32-27(38)15-16-28-33-29(36-42-28)22-11-14-25(26(17-22)39-2)41-18-20-7-5-4-6-8-20/h4-14,17H,3,15-16,18-19H2,1-2H3,(H,32,34,38). The molecule has 0 saturated carbocycles. The first-order chi connectivity index (χ1) is 21.5. The van der Waals surface area contributed by atoms with Gasteiger partial charge in [-0.1, -0.05) is 58.6 Å². The van der Waals surface area contributed by atoms with Crippen LogP contribution in [0.15, 0.2) is 81.7 Å². The van der Waals surface area contributed by atoms with Crippen molar-refractivity contribution in [2.75, 3.05) is 24.8 Å². The summed E-state index contributed by atoms with van der Waals surface area (Å²) < 4.78 is 22.8. The number of carbonyl (C=O) groups is 2. The quantitative estimate of drug-likeness (QED) is 0.0812. The monoisotopic (exact) mass is 631 g/mol. The number of aryl methyl sites for hydroxylation is 1. The van der Waals surface area contributed by atoms with Crippen LogP contribution in [0.2, 0.25) is 0 Å². The smallest absolute Gasteiger partial charge is 0.227 e. The summed E-state index contributed by atoms with van der Waals surface area (Å²) >= 11 is 2.46. The maximum Gasteiger partial charge on any atom is 0.227 e. The summed E-state index contributed by atoms with van der Waals surface area (Å²) in [7, 11) is 1.57. The minimum Gasteiger partial charge on any atom is -0.494 e. The van der Waals surface area contributed by atoms with Crippen molar-refractivity contribution in [3.8, 4) is 28.6 Å². The van der Waals surface area contributed by atoms with Crippen LogP contribution in [0, 0.1) is 0 Å². The van der Waals surface area contributed by atoms with E-state index in [1.165, 1.54) is 23.1 Å². The van der Waals surface area contributed by atoms with Gasteiger partial charge in [0.25, 0.3) is 0 Å². The highest BCUT2D eigenvalue weighted by atomic mass is 32.2. The molecule has 2 aromatic heterocycles. The maximum atomic E-state index is 12.5. The summed E-state index contributed by atoms with van der Waals surface area (Å²) in [4.78, 5) is 29.4. The van der Waals surface area contributed by atoms with Crippen LogP contribution in [0.25, 0.3) is 11.4 Å². The molecule has 0 aliphatic rings. The Morgan fingerprint density at radius 3 is 2.57 bits per heavy atom. The molecule has 13 heteroatoms. The van der Waals surface area contributed by atoms with E-state index >= 15 is 0 Å². The first-order valence-electron chi connectivity index (χ1n) is 13.7. The number of hydrogen-bond donors (Lipinski definition) is 1. The molecule has 5 rings (SSSR count). The Balaban J connectivity index is 1.08. The largest absolute Gasteiger partial charge is 0.494 e. The molecule has 0 radical (unpaired) electrons. The molecule has 1 N–H and O–H groups in total. The van der Waals surface area contributed by atoms with Gasteiger partial charge in [-0.15, -0.1) is 10.2 Å². The average Bonchev–Trinajstić information content (AvgIpc) is 3.72. The Bertz CT molecular complexity index is 1690. The van der Waals surface area contributed by atoms with E-state index in [9.17, 15) is 9.59 Å². The Kier molecular flexibility index (Phi) is 10.5. The molecule has 0 unspecified atom stereocenters. The zero-order chi connectivity index (χ0) is 30.7. The van der Waals surface area contributed by atoms with Crippen LogP contribution < -0.4 is 19.5 Å². The normalized spacial score (nSPS) is 10.8. The van der Waals surface area contributed by atoms with Crippen molar-refractivity contribution in [2.24, 2.45) is 0 Å². The summed E-state index contributed by atoms with van der Waals surface area (Å²) in [6.07, 6.45) is 0.348. The highest BCUT2D eigenvalue weighted by Crippen LogP contribution is 2.32. The number of amides is 1. The number of hydrogen-bond acceptors (Lipinski definition) is 12. The second-order valence-electron chi connectivity index (χ2n) is 9.24. The molecular formula is C31H29N5O6S2. The molecule has 0 bridgehead atoms. The third kappa shape index (κ3) is 8.42. The predicted octanol–water partition coefficient (Wildman–Crippen LogP) is 6.12. The number of nitrogens with one attached hydrogen (secondary N) is 1. The van der Waals surface area contributed by atoms with Crippen molar-refractivity contribution in [1.82, 2.24) is 20.3 Å². The maximum absolute atomic E-state index is 12.5. The van der Waals surface area contributed by atoms with Gasteiger partial charge in [-0.25, -0.2) is 0 Å². The molecule has 5 aromatic rings. The fourth-order valence-electron chi connectivity index (χ4n) is 3.97. The van der Waals surface area contributed by atoms with Crippen LogP contribution in [0.5, 0.6) is 17.2 Å². The number of methoxy groups -OCH3 is 1. The molecule has 11 nitrogen and oxygen atoms in total. The molecule has 0 aliphatic heterocycles. The van der Waals surface area contributed by atoms with Crippen LogP contribution >= 0.6 is 23.1 Å². The van der Waals surface area contributed by atoms with E-state index in [2.05, 4.69) is 25.7 Å². The number of rotatable bonds is 15. The molecular weight excluding hydrogens is 603 g/mol. The van der Waals surface area contributed by atoms with Crippen LogP contribution in [-0.2, 0) is 17.8 Å². The molecule has 226 valence electrons. The summed E-state index contributed by atoms with van der Waals surface area (Å²) in [6, 6.07) is 22.3. The van der Waals surface area contributed by atoms with Gasteiger partial charge in [0.15, 0.2) is 21.6 Å². The van der Waals surface area contributed by atoms with Crippen molar-refractivity contribution in [2.45, 2.75) is 30.7 Å². The number of Topliss-reactive ketones (excluding diaryl/α,β-unsaturated/α-hetero) is 1. The van der Waals surface area contributed by atoms with Crippen LogP contribution in [0.4, 0.5) is 5.13 Å². The number of thioether (sulfide) groups is 1. The first-order valence-corrected chi connectivity index (χ1v) is 15.5. The number of anilines is 1. The Labute approximate surface area is 262 Å². The Morgan fingerprint density at radius 2 is 1.80 bits per heavy atom. The lowest BCUT2D eigenvalue weighted by Gasteiger charge is -2.11. The molecule has 0 atom stereocenters. The van der Waals surface area contributed by atoms with Gasteiger partial charge in [0, 0.05) is 24.0 Å². The number of ketones is 1. The van der Waals surface area contributed by atoms with Crippen molar-refractivity contribution in [3.05, 3.63) is 89.8 Å². The highest BCUT2D eigenvalue weighted by molar-refractivity contribution is 8.01. The van der Waals surface area contributed by atoms with Crippen molar-refractivity contribution in [1.29, 1.82) is 0 Å². The molecule has 44 heavy (non-hydrogen) atoms. The van der Waals surface area contributed by atoms with Crippen LogP contribution in [0.1, 0.15) is 35.2 Å². The van der Waals surface area contributed by atoms with Crippen LogP contribution in [0.3, 0.4) is 0 Å². The van der Waals surface area contributed by atoms with Gasteiger partial charge < -0.3 is 24.1 Å². The van der Waals surface area contributed by atoms with E-state index < -0.39 is 0 Å². The number of nitrogens with zero attached hydrogens (tertiary/aromatic N) is 4. The molecule has 0 saturated heterocycles. The summed E-state index contributed by atoms with van der Waals surface area (Å²) in [6.45, 7) is 2.88. The number of aromatic nitrogens is 4. The predicted molar refractivity (Wildman–Crippen MR) is 167 cm³/mol. The van der Waals surface area contributed by atoms with Crippen molar-refractivity contribution in [3.63, 3.8) is 0 Å². The van der Waals surface area contributed by atoms with E-state index in [1.54, 1.807) is 43.5 Å². The van der Waals surface area contributed by atoms with Gasteiger partial charge in [-0.2, -0.15) is 4.98 Å². The van der Waals surface area contributed by atoms with Gasteiger partial charge in [-0.05, 0) is 55.0 Å². The molecule has 0 fully saturated rings. The molecule has 2 heterocycles. The van der Waals surface area contributed by atoms with E-state index in [0.29, 0.717) is 57.0 Å². The Hall–Kier alpha value is -4.75. The first kappa shape index (κ1) is 30.7. The third-order valence-corrected chi connectivity index (χ3v) is 8.13. The summed E-state index contributed by atoms with van der Waals surface area (Å²) in [5, 5.41) is 15.2. The van der Waals surface area contributed by atoms with Gasteiger partial charge in [0.05, 0.1) is 19.5 Å². The van der Waals surface area contributed by atoms with Crippen LogP contribution in [-0.4, -0.2) is 51.5 Å². The summed E-state index contributed by atoms with van der Waals surface area (Å²) in [5.41, 5.74) is 2.32. The fourth-order valence-corrected chi connectivity index (χ4v) is 5.63. The average molecular weight is 632 g/mol. The minimum absolute atomic E-state index is 0.0384. The van der Waals surface area contributed by atoms with Gasteiger partial charge in [0.2, 0.25) is 22.8 Å². The minimum atomic E-state index is -0.274. The molecule has 1 amide bonds. The fraction of sp³-hybridized carbons (Fsp3) is 0.226. The Morgan fingerprint density at radius 1 is 0.977 bits per heavy atom. The summed E-state index contributed by atoms with van der Waals surface area (Å²) in [5.74, 6) is 2.44. The highest BCUT2D eigenvalue weighted by Gasteiger charge is 2.16. The van der Waals surface area contributed by atoms with Gasteiger partial charge >= 0.3 is 0 Å². The molecule has 0 aliphatic carbocycles. The second-order valence-corrected chi connectivity index (χ2v) is 11.4. The van der Waals surface area contributed by atoms with Crippen molar-refractivity contribution >= 4 is 39.9 Å². The molecule has 0 spiro atoms. The van der Waals surface area contributed by atoms with E-state index in [0.717, 1.165) is 11.3 Å². The number of carbonyl (C=O) groups excluding carboxylic acids is 2. The lowest BCUT2D eigenvalue weighted by molar-refractivity contribution is -0.116. The SMILES string of the molecule is CCOc1ccc(C(=O)CSc2nnc(NC(=O)CCc3nc(-c4ccc(OCc5ccccc5)c(OC)c4)no3)s2)cc1. The van der Waals surface area contributed by atoms with E-state index in [1.807, 2.05) is 43.3 Å². The van der Waals surface area contributed by atoms with E-state index in [-0.39, 0.29) is 30.3 Å². The van der Waals surface area contributed by atoms with Gasteiger partial charge in [0.1, 0.15) is 12.4 Å². The lowest BCUT2D eigenvalue weighted by atomic mass is 10.1. The number of benzene rings is 3. The van der Waals surface area contributed by atoms with Crippen molar-refractivity contribution < 1.29 is 28.3 Å². The zero-order valence-corrected chi connectivity index (χ0v) is 25.7. The second kappa shape index (κ2) is 15.1. The topological polar surface area (TPSA) is 139 Å². The number of ether oxygens (including phenoxy) is 3. The van der Waals surface area contributed by atoms with Gasteiger partial charge in [-0.3, -0.25) is 9.59 Å². The lowest BCUT2D eigenvalue weighted by Crippen LogP contribution is -2.12. The third-order valence-electron chi connectivity index (χ3n) is 6.16. The zero-order valence-electron chi connectivity index (χ0n) is 24.0. The van der Waals surface area contributed by atoms with E-state index in [4.69, 9.17) is 18.7 Å².